The maximum absolute atomic E-state index is 13.6. The lowest BCUT2D eigenvalue weighted by Gasteiger charge is -2.47. The Labute approximate surface area is 159 Å². The van der Waals surface area contributed by atoms with E-state index >= 15 is 0 Å². The second-order valence-corrected chi connectivity index (χ2v) is 8.36. The zero-order chi connectivity index (χ0) is 18.8. The van der Waals surface area contributed by atoms with Crippen LogP contribution in [0.25, 0.3) is 0 Å². The number of ketones is 2. The fraction of sp³-hybridized carbons (Fsp3) is 0.375. The molecule has 5 rings (SSSR count). The van der Waals surface area contributed by atoms with E-state index in [1.165, 1.54) is 5.56 Å². The Morgan fingerprint density at radius 3 is 2.52 bits per heavy atom. The first-order valence-corrected chi connectivity index (χ1v) is 9.65. The molecule has 0 aliphatic heterocycles. The fourth-order valence-corrected chi connectivity index (χ4v) is 6.64. The highest BCUT2D eigenvalue weighted by Gasteiger charge is 2.77. The van der Waals surface area contributed by atoms with Gasteiger partial charge in [-0.05, 0) is 48.8 Å². The third-order valence-electron chi connectivity index (χ3n) is 7.54. The van der Waals surface area contributed by atoms with Crippen LogP contribution in [0.5, 0.6) is 0 Å². The number of fused-ring (bicyclic) bond motifs is 2. The summed E-state index contributed by atoms with van der Waals surface area (Å²) in [4.78, 5) is 26.6. The number of hydrogen-bond acceptors (Lipinski definition) is 3. The molecule has 2 fully saturated rings. The molecular weight excluding hydrogens is 334 g/mol. The maximum atomic E-state index is 13.6. The Kier molecular flexibility index (Phi) is 3.28. The third kappa shape index (κ3) is 1.76. The van der Waals surface area contributed by atoms with Crippen LogP contribution in [0.15, 0.2) is 54.6 Å². The van der Waals surface area contributed by atoms with E-state index in [9.17, 15) is 14.9 Å². The van der Waals surface area contributed by atoms with Gasteiger partial charge in [0.1, 0.15) is 11.7 Å². The molecule has 1 unspecified atom stereocenters. The Balaban J connectivity index is 1.83. The standard InChI is InChI=1S/C24H21NO2/c1-15(26)23-14-24(20(13-25)22(23)27)18-10-6-5-7-16(18)11-12-19(24)21(23)17-8-3-2-4-9-17/h2-10,19-21H,11-12,14H2,1H3/t19-,20?,21-,23-,24+/m1/s1. The number of benzene rings is 2. The second-order valence-electron chi connectivity index (χ2n) is 8.36. The van der Waals surface area contributed by atoms with Crippen LogP contribution >= 0.6 is 0 Å². The van der Waals surface area contributed by atoms with Crippen molar-refractivity contribution in [1.82, 2.24) is 0 Å². The molecule has 3 nitrogen and oxygen atoms in total. The minimum atomic E-state index is -1.07. The molecular formula is C24H21NO2. The van der Waals surface area contributed by atoms with E-state index in [1.54, 1.807) is 6.92 Å². The molecule has 3 aliphatic rings. The van der Waals surface area contributed by atoms with Crippen molar-refractivity contribution in [3.05, 3.63) is 71.3 Å². The van der Waals surface area contributed by atoms with Crippen molar-refractivity contribution in [3.8, 4) is 6.07 Å². The van der Waals surface area contributed by atoms with E-state index in [0.29, 0.717) is 6.42 Å². The molecule has 3 heteroatoms. The first-order valence-electron chi connectivity index (χ1n) is 9.65. The number of carbonyl (C=O) groups is 2. The number of rotatable bonds is 2. The Hall–Kier alpha value is -2.73. The van der Waals surface area contributed by atoms with Crippen LogP contribution in [0, 0.1) is 28.6 Å². The summed E-state index contributed by atoms with van der Waals surface area (Å²) in [5.74, 6) is -0.958. The lowest BCUT2D eigenvalue weighted by molar-refractivity contribution is -0.141. The van der Waals surface area contributed by atoms with Gasteiger partial charge in [0.25, 0.3) is 0 Å². The van der Waals surface area contributed by atoms with Crippen LogP contribution in [0.2, 0.25) is 0 Å². The molecule has 0 aromatic heterocycles. The highest BCUT2D eigenvalue weighted by Crippen LogP contribution is 2.73. The molecule has 5 atom stereocenters. The molecule has 2 bridgehead atoms. The van der Waals surface area contributed by atoms with Crippen LogP contribution in [0.4, 0.5) is 0 Å². The number of nitrogens with zero attached hydrogens (tertiary/aromatic N) is 1. The van der Waals surface area contributed by atoms with E-state index in [-0.39, 0.29) is 23.4 Å². The van der Waals surface area contributed by atoms with E-state index < -0.39 is 16.7 Å². The van der Waals surface area contributed by atoms with Crippen molar-refractivity contribution in [2.45, 2.75) is 37.5 Å². The van der Waals surface area contributed by atoms with Gasteiger partial charge in [0, 0.05) is 11.3 Å². The largest absolute Gasteiger partial charge is 0.299 e. The van der Waals surface area contributed by atoms with Crippen LogP contribution in [0.3, 0.4) is 0 Å². The van der Waals surface area contributed by atoms with Crippen LogP contribution in [-0.2, 0) is 21.4 Å². The topological polar surface area (TPSA) is 57.9 Å². The van der Waals surface area contributed by atoms with Crippen molar-refractivity contribution in [3.63, 3.8) is 0 Å². The zero-order valence-electron chi connectivity index (χ0n) is 15.3. The average molecular weight is 355 g/mol. The van der Waals surface area contributed by atoms with Crippen molar-refractivity contribution in [1.29, 1.82) is 5.26 Å². The van der Waals surface area contributed by atoms with E-state index in [2.05, 4.69) is 18.2 Å². The number of nitriles is 1. The summed E-state index contributed by atoms with van der Waals surface area (Å²) in [6.45, 7) is 1.55. The summed E-state index contributed by atoms with van der Waals surface area (Å²) in [6.07, 6.45) is 2.33. The molecule has 2 aromatic carbocycles. The molecule has 0 heterocycles. The number of carbonyl (C=O) groups excluding carboxylic acids is 2. The van der Waals surface area contributed by atoms with E-state index in [1.807, 2.05) is 42.5 Å². The summed E-state index contributed by atoms with van der Waals surface area (Å²) < 4.78 is 0. The van der Waals surface area contributed by atoms with Crippen LogP contribution in [0.1, 0.15) is 42.4 Å². The molecule has 0 radical (unpaired) electrons. The van der Waals surface area contributed by atoms with Gasteiger partial charge in [-0.2, -0.15) is 5.26 Å². The van der Waals surface area contributed by atoms with Gasteiger partial charge in [0.05, 0.1) is 11.5 Å². The van der Waals surface area contributed by atoms with Crippen molar-refractivity contribution >= 4 is 11.6 Å². The smallest absolute Gasteiger partial charge is 0.165 e. The minimum absolute atomic E-state index is 0.0784. The van der Waals surface area contributed by atoms with Gasteiger partial charge in [0.15, 0.2) is 5.78 Å². The number of aryl methyl sites for hydroxylation is 1. The van der Waals surface area contributed by atoms with Crippen molar-refractivity contribution in [2.75, 3.05) is 0 Å². The zero-order valence-corrected chi connectivity index (χ0v) is 15.3. The quantitative estimate of drug-likeness (QED) is 0.766. The van der Waals surface area contributed by atoms with Crippen molar-refractivity contribution < 1.29 is 9.59 Å². The van der Waals surface area contributed by atoms with Gasteiger partial charge in [-0.1, -0.05) is 54.6 Å². The first-order chi connectivity index (χ1) is 13.1. The summed E-state index contributed by atoms with van der Waals surface area (Å²) in [6, 6.07) is 20.5. The predicted molar refractivity (Wildman–Crippen MR) is 101 cm³/mol. The SMILES string of the molecule is CC(=O)[C@]12C[C@@]3(c4ccccc4CC[C@@H]3[C@H]1c1ccccc1)C(C#N)C2=O. The van der Waals surface area contributed by atoms with Gasteiger partial charge in [0.2, 0.25) is 0 Å². The third-order valence-corrected chi connectivity index (χ3v) is 7.54. The highest BCUT2D eigenvalue weighted by atomic mass is 16.2. The van der Waals surface area contributed by atoms with E-state index in [0.717, 1.165) is 24.0 Å². The Morgan fingerprint density at radius 2 is 1.81 bits per heavy atom. The maximum Gasteiger partial charge on any atom is 0.165 e. The predicted octanol–water partition coefficient (Wildman–Crippen LogP) is 3.97. The number of hydrogen-bond donors (Lipinski definition) is 0. The summed E-state index contributed by atoms with van der Waals surface area (Å²) in [5, 5.41) is 9.99. The normalized spacial score (nSPS) is 36.0. The molecule has 2 saturated carbocycles. The molecule has 0 N–H and O–H groups in total. The Bertz CT molecular complexity index is 1000. The second kappa shape index (κ2) is 5.39. The first kappa shape index (κ1) is 16.4. The fourth-order valence-electron chi connectivity index (χ4n) is 6.64. The summed E-state index contributed by atoms with van der Waals surface area (Å²) in [7, 11) is 0. The van der Waals surface area contributed by atoms with Gasteiger partial charge in [-0.15, -0.1) is 0 Å². The van der Waals surface area contributed by atoms with Gasteiger partial charge in [-0.25, -0.2) is 0 Å². The van der Waals surface area contributed by atoms with Crippen molar-refractivity contribution in [2.24, 2.45) is 17.3 Å². The van der Waals surface area contributed by atoms with Gasteiger partial charge < -0.3 is 0 Å². The van der Waals surface area contributed by atoms with Crippen LogP contribution in [-0.4, -0.2) is 11.6 Å². The lowest BCUT2D eigenvalue weighted by atomic mass is 9.53. The minimum Gasteiger partial charge on any atom is -0.299 e. The molecule has 134 valence electrons. The summed E-state index contributed by atoms with van der Waals surface area (Å²) >= 11 is 0. The Morgan fingerprint density at radius 1 is 1.11 bits per heavy atom. The molecule has 1 spiro atoms. The lowest BCUT2D eigenvalue weighted by Crippen LogP contribution is -2.51. The van der Waals surface area contributed by atoms with Crippen LogP contribution < -0.4 is 0 Å². The average Bonchev–Trinajstić information content (AvgIpc) is 3.15. The summed E-state index contributed by atoms with van der Waals surface area (Å²) in [5.41, 5.74) is 1.82. The molecule has 27 heavy (non-hydrogen) atoms. The van der Waals surface area contributed by atoms with Gasteiger partial charge >= 0.3 is 0 Å². The molecule has 0 amide bonds. The van der Waals surface area contributed by atoms with E-state index in [4.69, 9.17) is 0 Å². The number of Topliss-reactive ketones (excluding diaryl/α,β-unsaturated/α-hetero) is 2. The molecule has 3 aliphatic carbocycles. The van der Waals surface area contributed by atoms with Gasteiger partial charge in [-0.3, -0.25) is 9.59 Å². The highest BCUT2D eigenvalue weighted by molar-refractivity contribution is 6.13. The molecule has 2 aromatic rings. The monoisotopic (exact) mass is 355 g/mol. The molecule has 0 saturated heterocycles.